The zero-order chi connectivity index (χ0) is 20.1. The Morgan fingerprint density at radius 1 is 1.14 bits per heavy atom. The van der Waals surface area contributed by atoms with Gasteiger partial charge in [-0.05, 0) is 42.7 Å². The predicted octanol–water partition coefficient (Wildman–Crippen LogP) is 5.30. The number of hydrogen-bond acceptors (Lipinski definition) is 5. The summed E-state index contributed by atoms with van der Waals surface area (Å²) in [5.74, 6) is 0.523. The van der Waals surface area contributed by atoms with Crippen LogP contribution in [-0.4, -0.2) is 16.0 Å². The van der Waals surface area contributed by atoms with Gasteiger partial charge in [-0.1, -0.05) is 47.1 Å². The number of aryl methyl sites for hydroxylation is 1. The summed E-state index contributed by atoms with van der Waals surface area (Å²) < 4.78 is 5.53. The molecule has 0 unspecified atom stereocenters. The van der Waals surface area contributed by atoms with Crippen molar-refractivity contribution in [2.24, 2.45) is 0 Å². The number of hydrogen-bond donors (Lipinski definition) is 2. The Bertz CT molecular complexity index is 1150. The quantitative estimate of drug-likeness (QED) is 0.604. The number of aromatic nitrogens is 1. The molecular formula is C23H19ClN2O3. The van der Waals surface area contributed by atoms with Gasteiger partial charge in [0.25, 0.3) is 0 Å². The minimum Gasteiger partial charge on any atom is -0.508 e. The first-order valence-electron chi connectivity index (χ1n) is 9.55. The predicted molar refractivity (Wildman–Crippen MR) is 110 cm³/mol. The summed E-state index contributed by atoms with van der Waals surface area (Å²) in [6, 6.07) is 14.8. The van der Waals surface area contributed by atoms with E-state index < -0.39 is 0 Å². The lowest BCUT2D eigenvalue weighted by Crippen LogP contribution is -2.29. The summed E-state index contributed by atoms with van der Waals surface area (Å²) in [6.45, 7) is 1.89. The molecule has 5 rings (SSSR count). The number of nitrogens with one attached hydrogen (secondary N) is 1. The van der Waals surface area contributed by atoms with Crippen molar-refractivity contribution in [2.75, 3.05) is 5.32 Å². The molecule has 6 heteroatoms. The molecule has 1 aliphatic heterocycles. The van der Waals surface area contributed by atoms with Crippen molar-refractivity contribution in [2.45, 2.75) is 31.6 Å². The Morgan fingerprint density at radius 3 is 2.66 bits per heavy atom. The van der Waals surface area contributed by atoms with E-state index in [9.17, 15) is 9.90 Å². The van der Waals surface area contributed by atoms with E-state index in [1.807, 2.05) is 43.3 Å². The molecule has 2 aliphatic rings. The summed E-state index contributed by atoms with van der Waals surface area (Å²) in [7, 11) is 0. The highest BCUT2D eigenvalue weighted by molar-refractivity contribution is 6.30. The van der Waals surface area contributed by atoms with Crippen molar-refractivity contribution >= 4 is 23.3 Å². The van der Waals surface area contributed by atoms with E-state index in [4.69, 9.17) is 16.1 Å². The number of carbonyl (C=O) groups is 1. The highest BCUT2D eigenvalue weighted by Gasteiger charge is 2.41. The van der Waals surface area contributed by atoms with E-state index >= 15 is 0 Å². The fourth-order valence-corrected chi connectivity index (χ4v) is 4.64. The van der Waals surface area contributed by atoms with Crippen LogP contribution in [0.15, 0.2) is 64.3 Å². The lowest BCUT2D eigenvalue weighted by molar-refractivity contribution is -0.116. The number of nitrogens with zero attached hydrogens (tertiary/aromatic N) is 1. The number of ketones is 1. The molecule has 2 heterocycles. The van der Waals surface area contributed by atoms with E-state index in [0.717, 1.165) is 33.7 Å². The molecule has 2 N–H and O–H groups in total. The SMILES string of the molecule is Cc1noc2c1[C@@H](c1ccc(Cl)cc1)C1=C(C[C@@H](c3ccccc3O)CC1=O)N2. The van der Waals surface area contributed by atoms with Gasteiger partial charge >= 0.3 is 0 Å². The maximum atomic E-state index is 13.4. The number of para-hydroxylation sites is 1. The number of benzene rings is 2. The summed E-state index contributed by atoms with van der Waals surface area (Å²) in [4.78, 5) is 13.4. The Morgan fingerprint density at radius 2 is 1.90 bits per heavy atom. The molecular weight excluding hydrogens is 388 g/mol. The van der Waals surface area contributed by atoms with E-state index in [0.29, 0.717) is 23.7 Å². The van der Waals surface area contributed by atoms with Gasteiger partial charge in [-0.15, -0.1) is 0 Å². The van der Waals surface area contributed by atoms with Crippen LogP contribution in [0.3, 0.4) is 0 Å². The first-order chi connectivity index (χ1) is 14.0. The number of rotatable bonds is 2. The standard InChI is InChI=1S/C23H19ClN2O3/c1-12-20-21(13-6-8-15(24)9-7-13)22-17(25-23(20)29-26-12)10-14(11-19(22)28)16-4-2-3-5-18(16)27/h2-9,14,21,25,27H,10-11H2,1H3/t14-,21-/m1/s1. The number of Topliss-reactive ketones (excluding diaryl/α,β-unsaturated/α-hetero) is 1. The van der Waals surface area contributed by atoms with E-state index in [2.05, 4.69) is 10.5 Å². The smallest absolute Gasteiger partial charge is 0.233 e. The maximum Gasteiger partial charge on any atom is 0.233 e. The summed E-state index contributed by atoms with van der Waals surface area (Å²) in [5, 5.41) is 18.3. The van der Waals surface area contributed by atoms with Crippen LogP contribution in [0.5, 0.6) is 5.75 Å². The van der Waals surface area contributed by atoms with Gasteiger partial charge in [-0.3, -0.25) is 4.79 Å². The molecule has 0 saturated heterocycles. The Balaban J connectivity index is 1.63. The lowest BCUT2D eigenvalue weighted by Gasteiger charge is -2.34. The zero-order valence-electron chi connectivity index (χ0n) is 15.8. The summed E-state index contributed by atoms with van der Waals surface area (Å²) >= 11 is 6.08. The largest absolute Gasteiger partial charge is 0.508 e. The van der Waals surface area contributed by atoms with Crippen molar-refractivity contribution in [1.82, 2.24) is 5.16 Å². The molecule has 0 radical (unpaired) electrons. The van der Waals surface area contributed by atoms with Crippen LogP contribution < -0.4 is 5.32 Å². The molecule has 29 heavy (non-hydrogen) atoms. The second-order valence-electron chi connectivity index (χ2n) is 7.60. The molecule has 2 aromatic carbocycles. The third-order valence-corrected chi connectivity index (χ3v) is 6.09. The number of aromatic hydroxyl groups is 1. The van der Waals surface area contributed by atoms with Crippen molar-refractivity contribution in [3.8, 4) is 5.75 Å². The van der Waals surface area contributed by atoms with Gasteiger partial charge in [0, 0.05) is 34.5 Å². The molecule has 0 fully saturated rings. The van der Waals surface area contributed by atoms with E-state index in [-0.39, 0.29) is 23.4 Å². The first-order valence-corrected chi connectivity index (χ1v) is 9.93. The van der Waals surface area contributed by atoms with Gasteiger partial charge < -0.3 is 14.9 Å². The molecule has 5 nitrogen and oxygen atoms in total. The number of fused-ring (bicyclic) bond motifs is 1. The molecule has 1 aliphatic carbocycles. The number of allylic oxidation sites excluding steroid dienone is 2. The number of halogens is 1. The fraction of sp³-hybridized carbons (Fsp3) is 0.217. The van der Waals surface area contributed by atoms with Gasteiger partial charge in [-0.25, -0.2) is 0 Å². The number of phenolic OH excluding ortho intramolecular Hbond substituents is 1. The van der Waals surface area contributed by atoms with Gasteiger partial charge in [0.2, 0.25) is 5.88 Å². The molecule has 0 bridgehead atoms. The van der Waals surface area contributed by atoms with Crippen LogP contribution in [-0.2, 0) is 4.79 Å². The molecule has 146 valence electrons. The lowest BCUT2D eigenvalue weighted by atomic mass is 9.72. The highest BCUT2D eigenvalue weighted by Crippen LogP contribution is 2.49. The molecule has 3 aromatic rings. The number of anilines is 1. The van der Waals surface area contributed by atoms with Crippen LogP contribution in [0.2, 0.25) is 5.02 Å². The average molecular weight is 407 g/mol. The summed E-state index contributed by atoms with van der Waals surface area (Å²) in [6.07, 6.45) is 0.962. The van der Waals surface area contributed by atoms with Crippen molar-refractivity contribution < 1.29 is 14.4 Å². The third kappa shape index (κ3) is 2.93. The first kappa shape index (κ1) is 18.0. The Hall–Kier alpha value is -3.05. The topological polar surface area (TPSA) is 75.4 Å². The second-order valence-corrected chi connectivity index (χ2v) is 8.04. The molecule has 2 atom stereocenters. The molecule has 0 spiro atoms. The van der Waals surface area contributed by atoms with Gasteiger partial charge in [-0.2, -0.15) is 0 Å². The minimum absolute atomic E-state index is 0.0678. The molecule has 0 amide bonds. The molecule has 0 saturated carbocycles. The average Bonchev–Trinajstić information content (AvgIpc) is 3.08. The number of phenols is 1. The maximum absolute atomic E-state index is 13.4. The molecule has 1 aromatic heterocycles. The third-order valence-electron chi connectivity index (χ3n) is 5.84. The van der Waals surface area contributed by atoms with Gasteiger partial charge in [0.05, 0.1) is 11.3 Å². The van der Waals surface area contributed by atoms with Crippen molar-refractivity contribution in [3.63, 3.8) is 0 Å². The van der Waals surface area contributed by atoms with Gasteiger partial charge in [0.1, 0.15) is 5.75 Å². The van der Waals surface area contributed by atoms with E-state index in [1.54, 1.807) is 12.1 Å². The van der Waals surface area contributed by atoms with Crippen molar-refractivity contribution in [1.29, 1.82) is 0 Å². The Kier molecular flexibility index (Phi) is 4.21. The Labute approximate surface area is 173 Å². The fourth-order valence-electron chi connectivity index (χ4n) is 4.51. The minimum atomic E-state index is -0.248. The second kappa shape index (κ2) is 6.78. The van der Waals surface area contributed by atoms with Crippen molar-refractivity contribution in [3.05, 3.63) is 87.2 Å². The number of carbonyl (C=O) groups excluding carboxylic acids is 1. The van der Waals surface area contributed by atoms with E-state index in [1.165, 1.54) is 0 Å². The van der Waals surface area contributed by atoms with Crippen LogP contribution in [0.1, 0.15) is 47.1 Å². The van der Waals surface area contributed by atoms with Crippen LogP contribution in [0.4, 0.5) is 5.88 Å². The normalized spacial score (nSPS) is 20.8. The highest BCUT2D eigenvalue weighted by atomic mass is 35.5. The van der Waals surface area contributed by atoms with Gasteiger partial charge in [0.15, 0.2) is 5.78 Å². The zero-order valence-corrected chi connectivity index (χ0v) is 16.5. The van der Waals surface area contributed by atoms with Crippen LogP contribution in [0.25, 0.3) is 0 Å². The van der Waals surface area contributed by atoms with Crippen LogP contribution >= 0.6 is 11.6 Å². The summed E-state index contributed by atoms with van der Waals surface area (Å²) in [5.41, 5.74) is 4.99. The van der Waals surface area contributed by atoms with Crippen LogP contribution in [0, 0.1) is 6.92 Å². The monoisotopic (exact) mass is 406 g/mol.